The van der Waals surface area contributed by atoms with Crippen molar-refractivity contribution in [3.63, 3.8) is 0 Å². The number of pyridine rings is 1. The first kappa shape index (κ1) is 17.1. The van der Waals surface area contributed by atoms with Crippen molar-refractivity contribution in [2.45, 2.75) is 26.0 Å². The zero-order valence-corrected chi connectivity index (χ0v) is 15.1. The van der Waals surface area contributed by atoms with Crippen LogP contribution in [0.2, 0.25) is 0 Å². The third-order valence-electron chi connectivity index (χ3n) is 5.00. The highest BCUT2D eigenvalue weighted by molar-refractivity contribution is 5.72. The molecule has 0 amide bonds. The highest BCUT2D eigenvalue weighted by Gasteiger charge is 2.23. The van der Waals surface area contributed by atoms with E-state index in [1.807, 2.05) is 23.6 Å². The summed E-state index contributed by atoms with van der Waals surface area (Å²) in [5.41, 5.74) is 4.07. The van der Waals surface area contributed by atoms with Crippen LogP contribution in [-0.4, -0.2) is 44.2 Å². The van der Waals surface area contributed by atoms with Gasteiger partial charge >= 0.3 is 0 Å². The molecule has 4 rings (SSSR count). The lowest BCUT2D eigenvalue weighted by Crippen LogP contribution is -2.34. The van der Waals surface area contributed by atoms with Gasteiger partial charge in [0.15, 0.2) is 0 Å². The number of aromatic nitrogens is 1. The number of benzene rings is 1. The van der Waals surface area contributed by atoms with Crippen LogP contribution in [0.3, 0.4) is 0 Å². The Morgan fingerprint density at radius 1 is 1.27 bits per heavy atom. The second-order valence-corrected chi connectivity index (χ2v) is 6.62. The van der Waals surface area contributed by atoms with Crippen molar-refractivity contribution in [2.24, 2.45) is 0 Å². The van der Waals surface area contributed by atoms with Gasteiger partial charge in [0.05, 0.1) is 32.6 Å². The molecule has 1 saturated heterocycles. The summed E-state index contributed by atoms with van der Waals surface area (Å²) < 4.78 is 24.2. The lowest BCUT2D eigenvalue weighted by atomic mass is 9.94. The van der Waals surface area contributed by atoms with Gasteiger partial charge < -0.3 is 23.5 Å². The smallest absolute Gasteiger partial charge is 0.254 e. The normalized spacial score (nSPS) is 18.8. The second-order valence-electron chi connectivity index (χ2n) is 6.62. The van der Waals surface area contributed by atoms with Gasteiger partial charge in [0, 0.05) is 23.7 Å². The Balaban J connectivity index is 1.70. The predicted octanol–water partition coefficient (Wildman–Crippen LogP) is 2.18. The summed E-state index contributed by atoms with van der Waals surface area (Å²) in [5, 5.41) is 0. The molecule has 0 N–H and O–H groups in total. The van der Waals surface area contributed by atoms with E-state index < -0.39 is 0 Å². The first-order valence-corrected chi connectivity index (χ1v) is 8.91. The molecule has 1 aromatic carbocycles. The minimum Gasteiger partial charge on any atom is -0.497 e. The highest BCUT2D eigenvalue weighted by Crippen LogP contribution is 2.36. The molecule has 1 unspecified atom stereocenters. The molecule has 2 aliphatic heterocycles. The van der Waals surface area contributed by atoms with Crippen LogP contribution in [0.25, 0.3) is 11.3 Å². The molecule has 6 heteroatoms. The molecule has 26 heavy (non-hydrogen) atoms. The van der Waals surface area contributed by atoms with Crippen LogP contribution >= 0.6 is 0 Å². The average molecular weight is 357 g/mol. The molecule has 1 atom stereocenters. The van der Waals surface area contributed by atoms with E-state index in [1.165, 1.54) is 5.56 Å². The standard InChI is InChI=1S/C20H23NO5/c1-13-18(26-12-16-11-24-7-8-25-16)10-19(22)21-6-5-14-3-4-15(23-2)9-17(14)20(13)21/h3-4,9-10,16H,5-8,11-12H2,1-2H3. The van der Waals surface area contributed by atoms with Crippen LogP contribution < -0.4 is 15.0 Å². The monoisotopic (exact) mass is 357 g/mol. The molecular formula is C20H23NO5. The lowest BCUT2D eigenvalue weighted by Gasteiger charge is -2.26. The summed E-state index contributed by atoms with van der Waals surface area (Å²) in [6.07, 6.45) is 0.730. The Hall–Kier alpha value is -2.31. The number of ether oxygens (including phenoxy) is 4. The highest BCUT2D eigenvalue weighted by atomic mass is 16.6. The molecule has 0 spiro atoms. The number of fused-ring (bicyclic) bond motifs is 3. The molecule has 3 heterocycles. The summed E-state index contributed by atoms with van der Waals surface area (Å²) >= 11 is 0. The summed E-state index contributed by atoms with van der Waals surface area (Å²) in [6.45, 7) is 4.75. The molecule has 0 aliphatic carbocycles. The Kier molecular flexibility index (Phi) is 4.70. The maximum absolute atomic E-state index is 12.6. The van der Waals surface area contributed by atoms with Crippen LogP contribution in [-0.2, 0) is 22.4 Å². The van der Waals surface area contributed by atoms with Crippen molar-refractivity contribution in [1.29, 1.82) is 0 Å². The molecule has 2 aliphatic rings. The zero-order chi connectivity index (χ0) is 18.1. The summed E-state index contributed by atoms with van der Waals surface area (Å²) in [7, 11) is 1.65. The molecule has 1 fully saturated rings. The van der Waals surface area contributed by atoms with E-state index in [1.54, 1.807) is 13.2 Å². The van der Waals surface area contributed by atoms with Crippen molar-refractivity contribution in [3.8, 4) is 22.8 Å². The fourth-order valence-corrected chi connectivity index (χ4v) is 3.62. The third-order valence-corrected chi connectivity index (χ3v) is 5.00. The van der Waals surface area contributed by atoms with Gasteiger partial charge in [-0.1, -0.05) is 6.07 Å². The van der Waals surface area contributed by atoms with E-state index in [2.05, 4.69) is 6.07 Å². The van der Waals surface area contributed by atoms with E-state index in [0.29, 0.717) is 38.7 Å². The minimum absolute atomic E-state index is 0.0464. The number of rotatable bonds is 4. The van der Waals surface area contributed by atoms with E-state index in [4.69, 9.17) is 18.9 Å². The Labute approximate surface area is 152 Å². The van der Waals surface area contributed by atoms with E-state index in [9.17, 15) is 4.79 Å². The average Bonchev–Trinajstić information content (AvgIpc) is 2.69. The van der Waals surface area contributed by atoms with Gasteiger partial charge in [-0.3, -0.25) is 4.79 Å². The van der Waals surface area contributed by atoms with Crippen molar-refractivity contribution < 1.29 is 18.9 Å². The largest absolute Gasteiger partial charge is 0.497 e. The molecule has 0 saturated carbocycles. The first-order valence-electron chi connectivity index (χ1n) is 8.91. The van der Waals surface area contributed by atoms with Gasteiger partial charge in [0.1, 0.15) is 24.2 Å². The van der Waals surface area contributed by atoms with Crippen molar-refractivity contribution in [3.05, 3.63) is 45.7 Å². The van der Waals surface area contributed by atoms with Crippen LogP contribution in [0.4, 0.5) is 0 Å². The lowest BCUT2D eigenvalue weighted by molar-refractivity contribution is -0.101. The Bertz CT molecular complexity index is 867. The molecule has 0 radical (unpaired) electrons. The minimum atomic E-state index is -0.102. The van der Waals surface area contributed by atoms with E-state index in [0.717, 1.165) is 29.0 Å². The molecule has 6 nitrogen and oxygen atoms in total. The number of nitrogens with zero attached hydrogens (tertiary/aromatic N) is 1. The van der Waals surface area contributed by atoms with Gasteiger partial charge in [-0.15, -0.1) is 0 Å². The van der Waals surface area contributed by atoms with Crippen LogP contribution in [0, 0.1) is 6.92 Å². The predicted molar refractivity (Wildman–Crippen MR) is 97.2 cm³/mol. The van der Waals surface area contributed by atoms with Crippen molar-refractivity contribution in [1.82, 2.24) is 4.57 Å². The van der Waals surface area contributed by atoms with Crippen LogP contribution in [0.5, 0.6) is 11.5 Å². The van der Waals surface area contributed by atoms with Gasteiger partial charge in [0.2, 0.25) is 0 Å². The number of methoxy groups -OCH3 is 1. The first-order chi connectivity index (χ1) is 12.7. The van der Waals surface area contributed by atoms with Crippen LogP contribution in [0.1, 0.15) is 11.1 Å². The third kappa shape index (κ3) is 3.10. The molecular weight excluding hydrogens is 334 g/mol. The topological polar surface area (TPSA) is 58.9 Å². The van der Waals surface area contributed by atoms with Crippen molar-refractivity contribution >= 4 is 0 Å². The number of aryl methyl sites for hydroxylation is 1. The molecule has 1 aromatic heterocycles. The van der Waals surface area contributed by atoms with Gasteiger partial charge in [-0.2, -0.15) is 0 Å². The summed E-state index contributed by atoms with van der Waals surface area (Å²) in [6, 6.07) is 7.60. The Morgan fingerprint density at radius 2 is 2.15 bits per heavy atom. The van der Waals surface area contributed by atoms with Crippen LogP contribution in [0.15, 0.2) is 29.1 Å². The van der Waals surface area contributed by atoms with Gasteiger partial charge in [-0.05, 0) is 31.0 Å². The number of hydrogen-bond acceptors (Lipinski definition) is 5. The molecule has 2 aromatic rings. The van der Waals surface area contributed by atoms with Gasteiger partial charge in [0.25, 0.3) is 5.56 Å². The number of hydrogen-bond donors (Lipinski definition) is 0. The quantitative estimate of drug-likeness (QED) is 0.839. The fraction of sp³-hybridized carbons (Fsp3) is 0.450. The summed E-state index contributed by atoms with van der Waals surface area (Å²) in [5.74, 6) is 1.38. The molecule has 138 valence electrons. The van der Waals surface area contributed by atoms with E-state index in [-0.39, 0.29) is 11.7 Å². The van der Waals surface area contributed by atoms with E-state index >= 15 is 0 Å². The summed E-state index contributed by atoms with van der Waals surface area (Å²) in [4.78, 5) is 12.6. The maximum Gasteiger partial charge on any atom is 0.254 e. The Morgan fingerprint density at radius 3 is 2.92 bits per heavy atom. The van der Waals surface area contributed by atoms with Gasteiger partial charge in [-0.25, -0.2) is 0 Å². The molecule has 0 bridgehead atoms. The van der Waals surface area contributed by atoms with Crippen molar-refractivity contribution in [2.75, 3.05) is 33.5 Å². The second kappa shape index (κ2) is 7.13. The fourth-order valence-electron chi connectivity index (χ4n) is 3.62. The maximum atomic E-state index is 12.6. The SMILES string of the molecule is COc1ccc2c(c1)-c1c(C)c(OCC3COCCO3)cc(=O)n1CC2. The zero-order valence-electron chi connectivity index (χ0n) is 15.1.